The molecule has 5 rings (SSSR count). The summed E-state index contributed by atoms with van der Waals surface area (Å²) in [5.41, 5.74) is 1.43. The van der Waals surface area contributed by atoms with Gasteiger partial charge in [0, 0.05) is 37.1 Å². The zero-order valence-corrected chi connectivity index (χ0v) is 18.6. The second-order valence-electron chi connectivity index (χ2n) is 7.89. The maximum absolute atomic E-state index is 12.4. The highest BCUT2D eigenvalue weighted by Gasteiger charge is 2.34. The third-order valence-corrected chi connectivity index (χ3v) is 5.52. The molecule has 9 heteroatoms. The first kappa shape index (κ1) is 22.0. The highest BCUT2D eigenvalue weighted by atomic mass is 16.5. The summed E-state index contributed by atoms with van der Waals surface area (Å²) in [4.78, 5) is 46.7. The molecule has 1 aliphatic rings. The van der Waals surface area contributed by atoms with E-state index in [1.165, 1.54) is 11.2 Å². The quantitative estimate of drug-likeness (QED) is 0.392. The van der Waals surface area contributed by atoms with Gasteiger partial charge < -0.3 is 14.6 Å². The van der Waals surface area contributed by atoms with Crippen LogP contribution in [-0.2, 0) is 4.79 Å². The molecule has 2 aromatic heterocycles. The number of carbonyl (C=O) groups is 3. The van der Waals surface area contributed by atoms with Crippen molar-refractivity contribution >= 4 is 23.4 Å². The van der Waals surface area contributed by atoms with Crippen molar-refractivity contribution in [3.63, 3.8) is 0 Å². The van der Waals surface area contributed by atoms with E-state index in [9.17, 15) is 14.4 Å². The van der Waals surface area contributed by atoms with Gasteiger partial charge in [-0.05, 0) is 55.0 Å². The first-order valence-corrected chi connectivity index (χ1v) is 11.1. The van der Waals surface area contributed by atoms with Crippen molar-refractivity contribution in [1.82, 2.24) is 19.4 Å². The van der Waals surface area contributed by atoms with Gasteiger partial charge in [-0.1, -0.05) is 12.1 Å². The van der Waals surface area contributed by atoms with E-state index in [4.69, 9.17) is 4.74 Å². The summed E-state index contributed by atoms with van der Waals surface area (Å²) in [6.45, 7) is 0.191. The lowest BCUT2D eigenvalue weighted by atomic mass is 10.1. The summed E-state index contributed by atoms with van der Waals surface area (Å²) in [7, 11) is 0. The SMILES string of the molecule is O=C(CCCN1C(=O)c2ccccc2C1=O)Nc1ccc(Oc2cc(-n3cccc3)ncn2)cc1. The van der Waals surface area contributed by atoms with E-state index >= 15 is 0 Å². The Labute approximate surface area is 201 Å². The van der Waals surface area contributed by atoms with Gasteiger partial charge in [0.15, 0.2) is 0 Å². The highest BCUT2D eigenvalue weighted by Crippen LogP contribution is 2.24. The van der Waals surface area contributed by atoms with Gasteiger partial charge in [0.2, 0.25) is 11.8 Å². The molecular formula is C26H21N5O4. The third kappa shape index (κ3) is 4.79. The van der Waals surface area contributed by atoms with Crippen LogP contribution in [0.25, 0.3) is 5.82 Å². The Morgan fingerprint density at radius 2 is 1.57 bits per heavy atom. The average Bonchev–Trinajstić information content (AvgIpc) is 3.50. The Balaban J connectivity index is 1.11. The first-order valence-electron chi connectivity index (χ1n) is 11.1. The molecule has 0 radical (unpaired) electrons. The van der Waals surface area contributed by atoms with Crippen molar-refractivity contribution in [2.45, 2.75) is 12.8 Å². The summed E-state index contributed by atoms with van der Waals surface area (Å²) < 4.78 is 7.65. The summed E-state index contributed by atoms with van der Waals surface area (Å²) in [5, 5.41) is 2.81. The van der Waals surface area contributed by atoms with Crippen LogP contribution in [0.4, 0.5) is 5.69 Å². The molecule has 9 nitrogen and oxygen atoms in total. The number of fused-ring (bicyclic) bond motifs is 1. The van der Waals surface area contributed by atoms with Crippen molar-refractivity contribution < 1.29 is 19.1 Å². The lowest BCUT2D eigenvalue weighted by molar-refractivity contribution is -0.116. The molecule has 0 unspecified atom stereocenters. The van der Waals surface area contributed by atoms with E-state index in [1.807, 2.05) is 29.1 Å². The van der Waals surface area contributed by atoms with Crippen LogP contribution in [0.1, 0.15) is 33.6 Å². The van der Waals surface area contributed by atoms with E-state index in [2.05, 4.69) is 15.3 Å². The van der Waals surface area contributed by atoms with Crippen LogP contribution in [0.2, 0.25) is 0 Å². The number of amides is 3. The van der Waals surface area contributed by atoms with Gasteiger partial charge in [0.1, 0.15) is 17.9 Å². The van der Waals surface area contributed by atoms with Crippen molar-refractivity contribution in [3.8, 4) is 17.4 Å². The zero-order chi connectivity index (χ0) is 24.2. The van der Waals surface area contributed by atoms with Gasteiger partial charge in [0.05, 0.1) is 11.1 Å². The number of hydrogen-bond donors (Lipinski definition) is 1. The standard InChI is InChI=1S/C26H21N5O4/c32-23(8-5-15-31-25(33)20-6-1-2-7-21(20)26(31)34)29-18-9-11-19(12-10-18)35-24-16-22(27-17-28-24)30-13-3-4-14-30/h1-4,6-7,9-14,16-17H,5,8,15H2,(H,29,32). The topological polar surface area (TPSA) is 106 Å². The second kappa shape index (κ2) is 9.60. The molecule has 0 spiro atoms. The van der Waals surface area contributed by atoms with Crippen molar-refractivity contribution in [1.29, 1.82) is 0 Å². The Bertz CT molecular complexity index is 1350. The molecule has 1 aliphatic heterocycles. The third-order valence-electron chi connectivity index (χ3n) is 5.52. The number of rotatable bonds is 8. The Kier molecular flexibility index (Phi) is 6.04. The molecule has 174 valence electrons. The lowest BCUT2D eigenvalue weighted by Crippen LogP contribution is -2.31. The van der Waals surface area contributed by atoms with E-state index in [1.54, 1.807) is 54.6 Å². The van der Waals surface area contributed by atoms with Gasteiger partial charge in [-0.2, -0.15) is 0 Å². The van der Waals surface area contributed by atoms with E-state index in [-0.39, 0.29) is 30.7 Å². The lowest BCUT2D eigenvalue weighted by Gasteiger charge is -2.13. The summed E-state index contributed by atoms with van der Waals surface area (Å²) in [6, 6.07) is 19.2. The average molecular weight is 467 g/mol. The number of imide groups is 1. The maximum Gasteiger partial charge on any atom is 0.261 e. The fourth-order valence-corrected chi connectivity index (χ4v) is 3.80. The van der Waals surface area contributed by atoms with Crippen LogP contribution in [0.3, 0.4) is 0 Å². The molecular weight excluding hydrogens is 446 g/mol. The minimum Gasteiger partial charge on any atom is -0.439 e. The second-order valence-corrected chi connectivity index (χ2v) is 7.89. The van der Waals surface area contributed by atoms with Gasteiger partial charge in [-0.15, -0.1) is 0 Å². The maximum atomic E-state index is 12.4. The normalized spacial score (nSPS) is 12.5. The zero-order valence-electron chi connectivity index (χ0n) is 18.6. The summed E-state index contributed by atoms with van der Waals surface area (Å²) in [5.74, 6) is 0.809. The molecule has 0 saturated heterocycles. The predicted octanol–water partition coefficient (Wildman–Crippen LogP) is 4.07. The molecule has 1 N–H and O–H groups in total. The number of ether oxygens (including phenoxy) is 1. The molecule has 3 amide bonds. The number of aromatic nitrogens is 3. The van der Waals surface area contributed by atoms with Gasteiger partial charge in [-0.3, -0.25) is 19.3 Å². The van der Waals surface area contributed by atoms with Crippen LogP contribution >= 0.6 is 0 Å². The highest BCUT2D eigenvalue weighted by molar-refractivity contribution is 6.21. The smallest absolute Gasteiger partial charge is 0.261 e. The number of carbonyl (C=O) groups excluding carboxylic acids is 3. The van der Waals surface area contributed by atoms with Gasteiger partial charge >= 0.3 is 0 Å². The Morgan fingerprint density at radius 1 is 0.886 bits per heavy atom. The van der Waals surface area contributed by atoms with Gasteiger partial charge in [-0.25, -0.2) is 9.97 Å². The van der Waals surface area contributed by atoms with Gasteiger partial charge in [0.25, 0.3) is 11.8 Å². The molecule has 4 aromatic rings. The molecule has 3 heterocycles. The van der Waals surface area contributed by atoms with Crippen LogP contribution in [0.15, 0.2) is 85.5 Å². The van der Waals surface area contributed by atoms with E-state index < -0.39 is 0 Å². The minimum absolute atomic E-state index is 0.175. The Morgan fingerprint density at radius 3 is 2.26 bits per heavy atom. The molecule has 0 aliphatic carbocycles. The van der Waals surface area contributed by atoms with Crippen molar-refractivity contribution in [2.24, 2.45) is 0 Å². The van der Waals surface area contributed by atoms with Crippen molar-refractivity contribution in [2.75, 3.05) is 11.9 Å². The number of benzene rings is 2. The number of nitrogens with zero attached hydrogens (tertiary/aromatic N) is 4. The summed E-state index contributed by atoms with van der Waals surface area (Å²) in [6.07, 6.45) is 5.73. The monoisotopic (exact) mass is 467 g/mol. The van der Waals surface area contributed by atoms with E-state index in [0.29, 0.717) is 40.7 Å². The van der Waals surface area contributed by atoms with Crippen LogP contribution in [-0.4, -0.2) is 43.7 Å². The molecule has 2 aromatic carbocycles. The molecule has 0 fully saturated rings. The number of nitrogens with one attached hydrogen (secondary N) is 1. The molecule has 0 saturated carbocycles. The fraction of sp³-hybridized carbons (Fsp3) is 0.115. The summed E-state index contributed by atoms with van der Waals surface area (Å²) >= 11 is 0. The van der Waals surface area contributed by atoms with Crippen LogP contribution in [0, 0.1) is 0 Å². The first-order chi connectivity index (χ1) is 17.1. The van der Waals surface area contributed by atoms with Crippen molar-refractivity contribution in [3.05, 3.63) is 96.6 Å². The minimum atomic E-state index is -0.314. The molecule has 35 heavy (non-hydrogen) atoms. The molecule has 0 atom stereocenters. The number of anilines is 1. The fourth-order valence-electron chi connectivity index (χ4n) is 3.80. The van der Waals surface area contributed by atoms with E-state index in [0.717, 1.165) is 0 Å². The molecule has 0 bridgehead atoms. The largest absolute Gasteiger partial charge is 0.439 e. The number of hydrogen-bond acceptors (Lipinski definition) is 6. The van der Waals surface area contributed by atoms with Crippen LogP contribution < -0.4 is 10.1 Å². The predicted molar refractivity (Wildman–Crippen MR) is 128 cm³/mol. The Hall–Kier alpha value is -4.79. The van der Waals surface area contributed by atoms with Crippen LogP contribution in [0.5, 0.6) is 11.6 Å².